The number of hydrogen-bond donors (Lipinski definition) is 0. The number of nitrogens with zero attached hydrogens (tertiary/aromatic N) is 2. The third-order valence-corrected chi connectivity index (χ3v) is 3.26. The van der Waals surface area contributed by atoms with E-state index in [1.165, 1.54) is 0 Å². The van der Waals surface area contributed by atoms with Crippen molar-refractivity contribution >= 4 is 0 Å². The van der Waals surface area contributed by atoms with Crippen LogP contribution in [0.2, 0.25) is 0 Å². The summed E-state index contributed by atoms with van der Waals surface area (Å²) in [4.78, 5) is 2.42. The van der Waals surface area contributed by atoms with Crippen molar-refractivity contribution in [3.63, 3.8) is 0 Å². The number of rotatable bonds is 12. The normalized spacial score (nSPS) is 11.8. The molecule has 0 heterocycles. The van der Waals surface area contributed by atoms with Gasteiger partial charge < -0.3 is 14.4 Å². The molecule has 0 aliphatic heterocycles. The Hall–Kier alpha value is -0.630. The van der Waals surface area contributed by atoms with Crippen molar-refractivity contribution in [2.75, 3.05) is 47.1 Å². The summed E-state index contributed by atoms with van der Waals surface area (Å²) in [5, 5.41) is 8.97. The summed E-state index contributed by atoms with van der Waals surface area (Å²) in [6.45, 7) is 8.71. The van der Waals surface area contributed by atoms with Crippen LogP contribution in [0, 0.1) is 16.7 Å². The first-order valence-electron chi connectivity index (χ1n) is 7.17. The van der Waals surface area contributed by atoms with Crippen molar-refractivity contribution in [1.29, 1.82) is 5.26 Å². The lowest BCUT2D eigenvalue weighted by Crippen LogP contribution is -2.30. The molecule has 0 saturated heterocycles. The molecule has 0 bridgehead atoms. The maximum atomic E-state index is 8.97. The van der Waals surface area contributed by atoms with E-state index in [1.54, 1.807) is 14.2 Å². The topological polar surface area (TPSA) is 45.5 Å². The summed E-state index contributed by atoms with van der Waals surface area (Å²) in [7, 11) is 3.48. The summed E-state index contributed by atoms with van der Waals surface area (Å²) < 4.78 is 10.2. The maximum Gasteiger partial charge on any atom is 0.0683 e. The second-order valence-corrected chi connectivity index (χ2v) is 5.63. The molecule has 0 aliphatic carbocycles. The molecular weight excluding hydrogens is 240 g/mol. The van der Waals surface area contributed by atoms with Crippen LogP contribution in [-0.2, 0) is 9.47 Å². The Kier molecular flexibility index (Phi) is 10.8. The zero-order valence-corrected chi connectivity index (χ0v) is 13.1. The van der Waals surface area contributed by atoms with Crippen molar-refractivity contribution < 1.29 is 9.47 Å². The Morgan fingerprint density at radius 3 is 2.16 bits per heavy atom. The third kappa shape index (κ3) is 10.9. The predicted octanol–water partition coefficient (Wildman–Crippen LogP) is 2.69. The molecule has 0 aromatic carbocycles. The van der Waals surface area contributed by atoms with Gasteiger partial charge in [-0.15, -0.1) is 0 Å². The van der Waals surface area contributed by atoms with Gasteiger partial charge in [0.05, 0.1) is 18.1 Å². The summed E-state index contributed by atoms with van der Waals surface area (Å²) in [5.74, 6) is 0. The molecule has 4 heteroatoms. The van der Waals surface area contributed by atoms with E-state index >= 15 is 0 Å². The fourth-order valence-corrected chi connectivity index (χ4v) is 1.95. The van der Waals surface area contributed by atoms with Gasteiger partial charge in [0.25, 0.3) is 0 Å². The first-order chi connectivity index (χ1) is 9.05. The molecular formula is C15H30N2O2. The van der Waals surface area contributed by atoms with Gasteiger partial charge in [0, 0.05) is 33.9 Å². The van der Waals surface area contributed by atoms with Gasteiger partial charge >= 0.3 is 0 Å². The minimum Gasteiger partial charge on any atom is -0.385 e. The highest BCUT2D eigenvalue weighted by Crippen LogP contribution is 2.21. The zero-order valence-electron chi connectivity index (χ0n) is 13.1. The number of methoxy groups -OCH3 is 2. The average molecular weight is 270 g/mol. The average Bonchev–Trinajstić information content (AvgIpc) is 2.40. The van der Waals surface area contributed by atoms with E-state index in [-0.39, 0.29) is 5.41 Å². The number of unbranched alkanes of at least 4 members (excludes halogenated alkanes) is 1. The molecule has 4 nitrogen and oxygen atoms in total. The van der Waals surface area contributed by atoms with Gasteiger partial charge in [-0.05, 0) is 39.7 Å². The van der Waals surface area contributed by atoms with Gasteiger partial charge in [-0.25, -0.2) is 0 Å². The molecule has 0 atom stereocenters. The van der Waals surface area contributed by atoms with Crippen LogP contribution in [0.3, 0.4) is 0 Å². The summed E-state index contributed by atoms with van der Waals surface area (Å²) in [5.41, 5.74) is -0.187. The molecule has 0 N–H and O–H groups in total. The Morgan fingerprint density at radius 2 is 1.58 bits per heavy atom. The quantitative estimate of drug-likeness (QED) is 0.512. The number of nitriles is 1. The lowest BCUT2D eigenvalue weighted by atomic mass is 9.89. The van der Waals surface area contributed by atoms with E-state index in [9.17, 15) is 0 Å². The molecule has 0 radical (unpaired) electrons. The standard InChI is InChI=1S/C15H30N2O2/c1-15(2,14-16)8-5-6-9-17(11-13-19-4)10-7-12-18-3/h5-13H2,1-4H3. The molecule has 0 saturated carbocycles. The molecule has 0 unspecified atom stereocenters. The van der Waals surface area contributed by atoms with Crippen molar-refractivity contribution in [3.8, 4) is 6.07 Å². The molecule has 0 rings (SSSR count). The van der Waals surface area contributed by atoms with Crippen LogP contribution >= 0.6 is 0 Å². The summed E-state index contributed by atoms with van der Waals surface area (Å²) in [6.07, 6.45) is 4.28. The number of ether oxygens (including phenoxy) is 2. The van der Waals surface area contributed by atoms with Gasteiger partial charge in [-0.2, -0.15) is 5.26 Å². The minimum absolute atomic E-state index is 0.187. The molecule has 112 valence electrons. The van der Waals surface area contributed by atoms with Gasteiger partial charge in [-0.1, -0.05) is 6.42 Å². The third-order valence-electron chi connectivity index (χ3n) is 3.26. The van der Waals surface area contributed by atoms with Crippen LogP contribution in [0.4, 0.5) is 0 Å². The lowest BCUT2D eigenvalue weighted by Gasteiger charge is -2.22. The van der Waals surface area contributed by atoms with Crippen LogP contribution in [-0.4, -0.2) is 52.0 Å². The zero-order chi connectivity index (χ0) is 14.6. The highest BCUT2D eigenvalue weighted by Gasteiger charge is 2.15. The Morgan fingerprint density at radius 1 is 0.947 bits per heavy atom. The number of hydrogen-bond acceptors (Lipinski definition) is 4. The fourth-order valence-electron chi connectivity index (χ4n) is 1.95. The largest absolute Gasteiger partial charge is 0.385 e. The summed E-state index contributed by atoms with van der Waals surface area (Å²) >= 11 is 0. The molecule has 0 aliphatic rings. The highest BCUT2D eigenvalue weighted by atomic mass is 16.5. The van der Waals surface area contributed by atoms with Crippen molar-refractivity contribution in [2.45, 2.75) is 39.5 Å². The Bertz CT molecular complexity index is 249. The van der Waals surface area contributed by atoms with Crippen molar-refractivity contribution in [1.82, 2.24) is 4.90 Å². The SMILES string of the molecule is COCCCN(CCCCC(C)(C)C#N)CCOC. The van der Waals surface area contributed by atoms with Crippen LogP contribution in [0.1, 0.15) is 39.5 Å². The molecule has 0 aromatic rings. The first kappa shape index (κ1) is 18.4. The smallest absolute Gasteiger partial charge is 0.0683 e. The van der Waals surface area contributed by atoms with E-state index in [0.29, 0.717) is 0 Å². The van der Waals surface area contributed by atoms with Crippen molar-refractivity contribution in [2.24, 2.45) is 5.41 Å². The molecule has 0 fully saturated rings. The second-order valence-electron chi connectivity index (χ2n) is 5.63. The van der Waals surface area contributed by atoms with Gasteiger partial charge in [0.2, 0.25) is 0 Å². The Labute approximate surface area is 118 Å². The fraction of sp³-hybridized carbons (Fsp3) is 0.933. The monoisotopic (exact) mass is 270 g/mol. The van der Waals surface area contributed by atoms with Gasteiger partial charge in [0.1, 0.15) is 0 Å². The second kappa shape index (κ2) is 11.2. The van der Waals surface area contributed by atoms with Gasteiger partial charge in [0.15, 0.2) is 0 Å². The van der Waals surface area contributed by atoms with E-state index < -0.39 is 0 Å². The molecule has 0 spiro atoms. The van der Waals surface area contributed by atoms with Crippen molar-refractivity contribution in [3.05, 3.63) is 0 Å². The van der Waals surface area contributed by atoms with Crippen LogP contribution < -0.4 is 0 Å². The first-order valence-corrected chi connectivity index (χ1v) is 7.17. The van der Waals surface area contributed by atoms with E-state index in [0.717, 1.165) is 58.5 Å². The van der Waals surface area contributed by atoms with Crippen LogP contribution in [0.5, 0.6) is 0 Å². The predicted molar refractivity (Wildman–Crippen MR) is 78.1 cm³/mol. The minimum atomic E-state index is -0.187. The molecule has 19 heavy (non-hydrogen) atoms. The van der Waals surface area contributed by atoms with E-state index in [4.69, 9.17) is 14.7 Å². The Balaban J connectivity index is 3.81. The summed E-state index contributed by atoms with van der Waals surface area (Å²) in [6, 6.07) is 2.36. The molecule has 0 amide bonds. The van der Waals surface area contributed by atoms with Gasteiger partial charge in [-0.3, -0.25) is 0 Å². The van der Waals surface area contributed by atoms with E-state index in [2.05, 4.69) is 11.0 Å². The van der Waals surface area contributed by atoms with Crippen LogP contribution in [0.15, 0.2) is 0 Å². The molecule has 0 aromatic heterocycles. The lowest BCUT2D eigenvalue weighted by molar-refractivity contribution is 0.131. The highest BCUT2D eigenvalue weighted by molar-refractivity contribution is 4.91. The van der Waals surface area contributed by atoms with Crippen LogP contribution in [0.25, 0.3) is 0 Å². The maximum absolute atomic E-state index is 8.97. The van der Waals surface area contributed by atoms with E-state index in [1.807, 2.05) is 13.8 Å².